The van der Waals surface area contributed by atoms with Crippen LogP contribution in [0.1, 0.15) is 0 Å². The molecule has 0 atom stereocenters. The van der Waals surface area contributed by atoms with Gasteiger partial charge in [-0.2, -0.15) is 0 Å². The molecule has 4 N–H and O–H groups in total. The first-order valence-electron chi connectivity index (χ1n) is 5.80. The highest BCUT2D eigenvalue weighted by molar-refractivity contribution is 5.93. The van der Waals surface area contributed by atoms with E-state index < -0.39 is 0 Å². The zero-order chi connectivity index (χ0) is 13.4. The van der Waals surface area contributed by atoms with Gasteiger partial charge in [0, 0.05) is 17.8 Å². The van der Waals surface area contributed by atoms with Crippen LogP contribution in [0.15, 0.2) is 53.6 Å². The highest BCUT2D eigenvalue weighted by Gasteiger charge is 2.10. The second-order valence-electron chi connectivity index (χ2n) is 4.26. The van der Waals surface area contributed by atoms with Gasteiger partial charge in [-0.25, -0.2) is 0 Å². The molecule has 0 aliphatic heterocycles. The van der Waals surface area contributed by atoms with Crippen molar-refractivity contribution in [3.8, 4) is 5.69 Å². The number of nitrogens with zero attached hydrogens (tertiary/aromatic N) is 1. The van der Waals surface area contributed by atoms with Crippen LogP contribution in [0.2, 0.25) is 0 Å². The maximum Gasteiger partial charge on any atom is 0.274 e. The van der Waals surface area contributed by atoms with E-state index in [0.29, 0.717) is 22.2 Å². The molecule has 19 heavy (non-hydrogen) atoms. The van der Waals surface area contributed by atoms with Crippen LogP contribution in [0, 0.1) is 5.41 Å². The second-order valence-corrected chi connectivity index (χ2v) is 4.26. The topological polar surface area (TPSA) is 87.7 Å². The Bertz CT molecular complexity index is 856. The van der Waals surface area contributed by atoms with Crippen LogP contribution in [0.3, 0.4) is 0 Å². The number of aromatic amines is 1. The lowest BCUT2D eigenvalue weighted by molar-refractivity contribution is 1.00. The summed E-state index contributed by atoms with van der Waals surface area (Å²) in [4.78, 5) is 14.9. The van der Waals surface area contributed by atoms with E-state index >= 15 is 0 Å². The number of nitrogens with one attached hydrogen (secondary N) is 2. The predicted molar refractivity (Wildman–Crippen MR) is 74.2 cm³/mol. The molecular formula is C14H12N4O. The zero-order valence-electron chi connectivity index (χ0n) is 10.1. The predicted octanol–water partition coefficient (Wildman–Crippen LogP) is 1.38. The lowest BCUT2D eigenvalue weighted by Crippen LogP contribution is -2.18. The van der Waals surface area contributed by atoms with Crippen molar-refractivity contribution < 1.29 is 0 Å². The van der Waals surface area contributed by atoms with Crippen LogP contribution in [0.5, 0.6) is 0 Å². The van der Waals surface area contributed by atoms with Gasteiger partial charge in [-0.15, -0.1) is 0 Å². The summed E-state index contributed by atoms with van der Waals surface area (Å²) >= 11 is 0. The van der Waals surface area contributed by atoms with Crippen molar-refractivity contribution in [2.45, 2.75) is 0 Å². The molecule has 5 heteroatoms. The third kappa shape index (κ3) is 1.81. The molecule has 1 aromatic carbocycles. The molecule has 0 amide bonds. The van der Waals surface area contributed by atoms with Gasteiger partial charge in [-0.05, 0) is 18.2 Å². The van der Waals surface area contributed by atoms with Crippen LogP contribution < -0.4 is 16.7 Å². The van der Waals surface area contributed by atoms with Crippen molar-refractivity contribution in [3.63, 3.8) is 0 Å². The largest absolute Gasteiger partial charge is 0.396 e. The van der Waals surface area contributed by atoms with Crippen molar-refractivity contribution in [1.29, 1.82) is 5.41 Å². The normalized spacial score (nSPS) is 10.7. The number of aromatic nitrogens is 2. The van der Waals surface area contributed by atoms with Crippen molar-refractivity contribution >= 4 is 16.6 Å². The number of nitrogen functional groups attached to an aromatic ring is 1. The zero-order valence-corrected chi connectivity index (χ0v) is 10.1. The fourth-order valence-electron chi connectivity index (χ4n) is 2.09. The third-order valence-electron chi connectivity index (χ3n) is 3.02. The molecule has 0 fully saturated rings. The molecule has 0 spiro atoms. The highest BCUT2D eigenvalue weighted by atomic mass is 16.1. The standard InChI is InChI=1S/C14H12N4O/c15-9-5-7-18(8-6-9)13-12(16)10-3-1-2-4-11(10)17-14(13)19/h1-8,15H,(H3,16,17,19). The quantitative estimate of drug-likeness (QED) is 0.611. The number of hydrogen-bond acceptors (Lipinski definition) is 3. The Morgan fingerprint density at radius 3 is 2.53 bits per heavy atom. The first-order valence-corrected chi connectivity index (χ1v) is 5.80. The van der Waals surface area contributed by atoms with Crippen molar-refractivity contribution in [3.05, 3.63) is 64.5 Å². The molecular weight excluding hydrogens is 240 g/mol. The Morgan fingerprint density at radius 1 is 1.11 bits per heavy atom. The summed E-state index contributed by atoms with van der Waals surface area (Å²) in [7, 11) is 0. The van der Waals surface area contributed by atoms with E-state index in [9.17, 15) is 4.79 Å². The lowest BCUT2D eigenvalue weighted by atomic mass is 10.1. The number of H-pyrrole nitrogens is 1. The van der Waals surface area contributed by atoms with E-state index in [0.717, 1.165) is 5.39 Å². The Morgan fingerprint density at radius 2 is 1.79 bits per heavy atom. The molecule has 3 rings (SSSR count). The summed E-state index contributed by atoms with van der Waals surface area (Å²) < 4.78 is 1.62. The number of para-hydroxylation sites is 1. The summed E-state index contributed by atoms with van der Waals surface area (Å²) in [5.74, 6) is 0. The molecule has 0 unspecified atom stereocenters. The van der Waals surface area contributed by atoms with Crippen LogP contribution >= 0.6 is 0 Å². The molecule has 94 valence electrons. The molecule has 0 saturated heterocycles. The first kappa shape index (κ1) is 11.3. The van der Waals surface area contributed by atoms with E-state index in [2.05, 4.69) is 4.98 Å². The van der Waals surface area contributed by atoms with E-state index in [4.69, 9.17) is 11.1 Å². The monoisotopic (exact) mass is 252 g/mol. The minimum absolute atomic E-state index is 0.251. The number of rotatable bonds is 1. The molecule has 2 aromatic heterocycles. The average molecular weight is 252 g/mol. The molecule has 0 bridgehead atoms. The van der Waals surface area contributed by atoms with Gasteiger partial charge in [0.2, 0.25) is 0 Å². The van der Waals surface area contributed by atoms with Crippen LogP contribution in [0.4, 0.5) is 5.69 Å². The minimum Gasteiger partial charge on any atom is -0.396 e. The van der Waals surface area contributed by atoms with Crippen molar-refractivity contribution in [2.75, 3.05) is 5.73 Å². The smallest absolute Gasteiger partial charge is 0.274 e. The molecule has 3 aromatic rings. The Kier molecular flexibility index (Phi) is 2.45. The van der Waals surface area contributed by atoms with Gasteiger partial charge in [0.25, 0.3) is 5.56 Å². The molecule has 0 aliphatic carbocycles. The fraction of sp³-hybridized carbons (Fsp3) is 0. The molecule has 5 nitrogen and oxygen atoms in total. The van der Waals surface area contributed by atoms with Gasteiger partial charge in [0.05, 0.1) is 16.6 Å². The number of hydrogen-bond donors (Lipinski definition) is 3. The number of nitrogens with two attached hydrogens (primary N) is 1. The van der Waals surface area contributed by atoms with Crippen LogP contribution in [-0.2, 0) is 0 Å². The number of anilines is 1. The van der Waals surface area contributed by atoms with Gasteiger partial charge in [-0.3, -0.25) is 4.79 Å². The summed E-state index contributed by atoms with van der Waals surface area (Å²) in [6.07, 6.45) is 3.30. The van der Waals surface area contributed by atoms with Gasteiger partial charge < -0.3 is 20.7 Å². The Balaban J connectivity index is 2.38. The maximum atomic E-state index is 12.1. The van der Waals surface area contributed by atoms with Crippen molar-refractivity contribution in [2.24, 2.45) is 0 Å². The van der Waals surface area contributed by atoms with Crippen LogP contribution in [-0.4, -0.2) is 9.55 Å². The summed E-state index contributed by atoms with van der Waals surface area (Å²) in [5, 5.41) is 8.65. The maximum absolute atomic E-state index is 12.1. The van der Waals surface area contributed by atoms with Gasteiger partial charge in [-0.1, -0.05) is 18.2 Å². The summed E-state index contributed by atoms with van der Waals surface area (Å²) in [5.41, 5.74) is 7.37. The average Bonchev–Trinajstić information content (AvgIpc) is 2.41. The van der Waals surface area contributed by atoms with E-state index in [-0.39, 0.29) is 5.56 Å². The van der Waals surface area contributed by atoms with E-state index in [1.54, 1.807) is 29.1 Å². The molecule has 0 aliphatic rings. The van der Waals surface area contributed by atoms with Gasteiger partial charge in [0.1, 0.15) is 5.69 Å². The summed E-state index contributed by atoms with van der Waals surface area (Å²) in [6, 6.07) is 10.6. The number of benzene rings is 1. The van der Waals surface area contributed by atoms with Gasteiger partial charge >= 0.3 is 0 Å². The van der Waals surface area contributed by atoms with E-state index in [1.165, 1.54) is 0 Å². The van der Waals surface area contributed by atoms with Gasteiger partial charge in [0.15, 0.2) is 0 Å². The molecule has 2 heterocycles. The molecule has 0 radical (unpaired) electrons. The van der Waals surface area contributed by atoms with Crippen LogP contribution in [0.25, 0.3) is 16.6 Å². The number of pyridine rings is 2. The van der Waals surface area contributed by atoms with Crippen molar-refractivity contribution in [1.82, 2.24) is 9.55 Å². The summed E-state index contributed by atoms with van der Waals surface area (Å²) in [6.45, 7) is 0. The second kappa shape index (κ2) is 4.13. The number of fused-ring (bicyclic) bond motifs is 1. The molecule has 0 saturated carbocycles. The highest BCUT2D eigenvalue weighted by Crippen LogP contribution is 2.22. The Hall–Kier alpha value is -2.82. The Labute approximate surface area is 108 Å². The first-order chi connectivity index (χ1) is 9.16. The fourth-order valence-corrected chi connectivity index (χ4v) is 2.09. The SMILES string of the molecule is N=c1ccn(-c2c(N)c3ccccc3[nH]c2=O)cc1. The van der Waals surface area contributed by atoms with E-state index in [1.807, 2.05) is 24.3 Å². The third-order valence-corrected chi connectivity index (χ3v) is 3.02. The minimum atomic E-state index is -0.251. The lowest BCUT2D eigenvalue weighted by Gasteiger charge is -2.10.